The lowest BCUT2D eigenvalue weighted by atomic mass is 9.82. The van der Waals surface area contributed by atoms with Gasteiger partial charge in [0, 0.05) is 15.7 Å². The zero-order valence-corrected chi connectivity index (χ0v) is 11.2. The fraction of sp³-hybridized carbons (Fsp3) is 0.300. The lowest BCUT2D eigenvalue weighted by Gasteiger charge is -2.47. The fourth-order valence-corrected chi connectivity index (χ4v) is 3.86. The van der Waals surface area contributed by atoms with Crippen molar-refractivity contribution in [3.8, 4) is 0 Å². The van der Waals surface area contributed by atoms with Gasteiger partial charge in [0.2, 0.25) is 5.91 Å². The minimum Gasteiger partial charge on any atom is -0.274 e. The van der Waals surface area contributed by atoms with Crippen LogP contribution in [-0.4, -0.2) is 18.6 Å². The van der Waals surface area contributed by atoms with E-state index in [-0.39, 0.29) is 6.42 Å². The van der Waals surface area contributed by atoms with Crippen LogP contribution in [0.1, 0.15) is 18.9 Å². The summed E-state index contributed by atoms with van der Waals surface area (Å²) in [5.74, 6) is -0.512. The Kier molecular flexibility index (Phi) is 2.88. The molecule has 1 saturated heterocycles. The van der Waals surface area contributed by atoms with Gasteiger partial charge in [0.25, 0.3) is 0 Å². The summed E-state index contributed by atoms with van der Waals surface area (Å²) >= 11 is 5.84. The zero-order valence-electron chi connectivity index (χ0n) is 8.85. The van der Waals surface area contributed by atoms with E-state index in [2.05, 4.69) is 0 Å². The second-order valence-corrected chi connectivity index (χ2v) is 6.86. The molecule has 1 aliphatic rings. The summed E-state index contributed by atoms with van der Waals surface area (Å²) in [7, 11) is 1.18. The highest BCUT2D eigenvalue weighted by atomic mass is 35.7. The Hall–Kier alpha value is -0.780. The van der Waals surface area contributed by atoms with Crippen molar-refractivity contribution in [3.63, 3.8) is 0 Å². The third kappa shape index (κ3) is 2.03. The molecule has 0 N–H and O–H groups in total. The monoisotopic (exact) mass is 293 g/mol. The van der Waals surface area contributed by atoms with E-state index in [1.807, 2.05) is 0 Å². The molecule has 0 aromatic heterocycles. The molecule has 1 aliphatic heterocycles. The van der Waals surface area contributed by atoms with Gasteiger partial charge in [0.15, 0.2) is 0 Å². The van der Waals surface area contributed by atoms with Crippen molar-refractivity contribution in [2.45, 2.75) is 18.9 Å². The van der Waals surface area contributed by atoms with Crippen molar-refractivity contribution >= 4 is 37.4 Å². The van der Waals surface area contributed by atoms with Gasteiger partial charge in [-0.05, 0) is 24.6 Å². The second-order valence-electron chi connectivity index (χ2n) is 4.06. The first-order valence-corrected chi connectivity index (χ1v) is 7.43. The van der Waals surface area contributed by atoms with Gasteiger partial charge >= 0.3 is 9.24 Å². The number of carbonyl (C=O) groups excluding carboxylic acids is 1. The fourth-order valence-electron chi connectivity index (χ4n) is 2.03. The SMILES string of the molecule is CC1(c2cccc(Cl)c2)CC(=O)N1S(=O)(=O)Cl. The van der Waals surface area contributed by atoms with E-state index in [9.17, 15) is 13.2 Å². The lowest BCUT2D eigenvalue weighted by molar-refractivity contribution is -0.144. The number of carbonyl (C=O) groups is 1. The first-order chi connectivity index (χ1) is 7.75. The van der Waals surface area contributed by atoms with Crippen molar-refractivity contribution < 1.29 is 13.2 Å². The number of benzene rings is 1. The van der Waals surface area contributed by atoms with Crippen LogP contribution in [0.15, 0.2) is 24.3 Å². The molecular weight excluding hydrogens is 285 g/mol. The Morgan fingerprint density at radius 1 is 1.41 bits per heavy atom. The predicted molar refractivity (Wildman–Crippen MR) is 65.0 cm³/mol. The minimum absolute atomic E-state index is 0.0965. The number of β-lactam (4-membered cyclic amide) rings is 1. The Bertz CT molecular complexity index is 587. The summed E-state index contributed by atoms with van der Waals surface area (Å²) in [6.07, 6.45) is 0.0965. The molecule has 92 valence electrons. The first-order valence-electron chi connectivity index (χ1n) is 4.79. The van der Waals surface area contributed by atoms with Crippen molar-refractivity contribution in [2.24, 2.45) is 0 Å². The minimum atomic E-state index is -4.07. The lowest BCUT2D eigenvalue weighted by Crippen LogP contribution is -2.60. The normalized spacial score (nSPS) is 24.6. The van der Waals surface area contributed by atoms with Gasteiger partial charge in [-0.2, -0.15) is 8.42 Å². The molecule has 1 amide bonds. The van der Waals surface area contributed by atoms with Crippen molar-refractivity contribution in [2.75, 3.05) is 0 Å². The predicted octanol–water partition coefficient (Wildman–Crippen LogP) is 2.27. The van der Waals surface area contributed by atoms with Gasteiger partial charge in [-0.15, -0.1) is 0 Å². The van der Waals surface area contributed by atoms with E-state index in [0.717, 1.165) is 0 Å². The van der Waals surface area contributed by atoms with Gasteiger partial charge in [0.1, 0.15) is 0 Å². The first kappa shape index (κ1) is 12.7. The highest BCUT2D eigenvalue weighted by Gasteiger charge is 2.54. The van der Waals surface area contributed by atoms with E-state index < -0.39 is 20.7 Å². The zero-order chi connectivity index (χ0) is 12.8. The Balaban J connectivity index is 2.48. The largest absolute Gasteiger partial charge is 0.324 e. The summed E-state index contributed by atoms with van der Waals surface area (Å²) in [6.45, 7) is 1.64. The average molecular weight is 294 g/mol. The van der Waals surface area contributed by atoms with Gasteiger partial charge in [-0.3, -0.25) is 4.79 Å². The van der Waals surface area contributed by atoms with Crippen LogP contribution < -0.4 is 0 Å². The maximum absolute atomic E-state index is 11.4. The van der Waals surface area contributed by atoms with Crippen molar-refractivity contribution in [1.29, 1.82) is 0 Å². The van der Waals surface area contributed by atoms with Crippen molar-refractivity contribution in [3.05, 3.63) is 34.9 Å². The number of halogens is 2. The average Bonchev–Trinajstić information content (AvgIpc) is 2.13. The van der Waals surface area contributed by atoms with Crippen LogP contribution in [0, 0.1) is 0 Å². The molecule has 7 heteroatoms. The van der Waals surface area contributed by atoms with Crippen molar-refractivity contribution in [1.82, 2.24) is 4.31 Å². The molecule has 1 fully saturated rings. The summed E-state index contributed by atoms with van der Waals surface area (Å²) < 4.78 is 23.4. The number of hydrogen-bond acceptors (Lipinski definition) is 3. The number of amides is 1. The van der Waals surface area contributed by atoms with Gasteiger partial charge in [-0.1, -0.05) is 23.7 Å². The standard InChI is InChI=1S/C10H9Cl2NO3S/c1-10(7-3-2-4-8(11)5-7)6-9(14)13(10)17(12,15)16/h2-5H,6H2,1H3. The molecule has 1 atom stereocenters. The van der Waals surface area contributed by atoms with Crippen LogP contribution >= 0.6 is 22.3 Å². The molecular formula is C10H9Cl2NO3S. The molecule has 0 saturated carbocycles. The summed E-state index contributed by atoms with van der Waals surface area (Å²) in [4.78, 5) is 11.4. The molecule has 17 heavy (non-hydrogen) atoms. The quantitative estimate of drug-likeness (QED) is 0.621. The molecule has 1 aromatic carbocycles. The van der Waals surface area contributed by atoms with E-state index in [4.69, 9.17) is 22.3 Å². The van der Waals surface area contributed by atoms with Crippen LogP contribution in [-0.2, 0) is 19.6 Å². The smallest absolute Gasteiger partial charge is 0.274 e. The second kappa shape index (κ2) is 3.86. The van der Waals surface area contributed by atoms with Gasteiger partial charge in [-0.25, -0.2) is 4.31 Å². The molecule has 1 unspecified atom stereocenters. The molecule has 0 spiro atoms. The van der Waals surface area contributed by atoms with Crippen LogP contribution in [0.4, 0.5) is 0 Å². The molecule has 1 heterocycles. The third-order valence-corrected chi connectivity index (χ3v) is 4.53. The van der Waals surface area contributed by atoms with E-state index in [1.54, 1.807) is 31.2 Å². The Morgan fingerprint density at radius 3 is 2.53 bits per heavy atom. The maximum Gasteiger partial charge on any atom is 0.324 e. The number of hydrogen-bond donors (Lipinski definition) is 0. The topological polar surface area (TPSA) is 54.5 Å². The van der Waals surface area contributed by atoms with E-state index in [0.29, 0.717) is 14.9 Å². The molecule has 2 rings (SSSR count). The number of nitrogens with zero attached hydrogens (tertiary/aromatic N) is 1. The molecule has 0 aliphatic carbocycles. The van der Waals surface area contributed by atoms with E-state index >= 15 is 0 Å². The maximum atomic E-state index is 11.4. The van der Waals surface area contributed by atoms with Crippen LogP contribution in [0.25, 0.3) is 0 Å². The molecule has 0 radical (unpaired) electrons. The number of rotatable bonds is 2. The van der Waals surface area contributed by atoms with Crippen LogP contribution in [0.5, 0.6) is 0 Å². The van der Waals surface area contributed by atoms with Crippen LogP contribution in [0.2, 0.25) is 5.02 Å². The summed E-state index contributed by atoms with van der Waals surface area (Å²) in [6, 6.07) is 6.72. The summed E-state index contributed by atoms with van der Waals surface area (Å²) in [5.41, 5.74) is -0.295. The highest BCUT2D eigenvalue weighted by Crippen LogP contribution is 2.44. The van der Waals surface area contributed by atoms with Gasteiger partial charge < -0.3 is 0 Å². The van der Waals surface area contributed by atoms with E-state index in [1.165, 1.54) is 0 Å². The molecule has 4 nitrogen and oxygen atoms in total. The Morgan fingerprint density at radius 2 is 2.06 bits per heavy atom. The highest BCUT2D eigenvalue weighted by molar-refractivity contribution is 8.12. The summed E-state index contributed by atoms with van der Waals surface area (Å²) in [5, 5.41) is 0.481. The molecule has 1 aromatic rings. The van der Waals surface area contributed by atoms with Gasteiger partial charge in [0.05, 0.1) is 12.0 Å². The molecule has 0 bridgehead atoms. The van der Waals surface area contributed by atoms with Crippen LogP contribution in [0.3, 0.4) is 0 Å². The Labute approximate surface area is 109 Å². The third-order valence-electron chi connectivity index (χ3n) is 2.83.